The molecule has 1 aromatic rings. The van der Waals surface area contributed by atoms with Gasteiger partial charge in [0.2, 0.25) is 11.7 Å². The molecule has 0 aromatic heterocycles. The van der Waals surface area contributed by atoms with Gasteiger partial charge in [0.15, 0.2) is 6.61 Å². The SMILES string of the molecule is Cc1cc(Br)ccc1NC(=O)CNC(=O)COC(=O)C1=COCCO1. The lowest BCUT2D eigenvalue weighted by atomic mass is 10.2. The van der Waals surface area contributed by atoms with Crippen molar-refractivity contribution in [3.63, 3.8) is 0 Å². The molecule has 134 valence electrons. The van der Waals surface area contributed by atoms with E-state index in [1.165, 1.54) is 0 Å². The van der Waals surface area contributed by atoms with Crippen molar-refractivity contribution in [1.29, 1.82) is 0 Å². The minimum absolute atomic E-state index is 0.0949. The monoisotopic (exact) mass is 412 g/mol. The number of hydrogen-bond donors (Lipinski definition) is 2. The van der Waals surface area contributed by atoms with Crippen molar-refractivity contribution in [2.24, 2.45) is 0 Å². The van der Waals surface area contributed by atoms with E-state index in [2.05, 4.69) is 26.6 Å². The lowest BCUT2D eigenvalue weighted by molar-refractivity contribution is -0.149. The number of amides is 2. The lowest BCUT2D eigenvalue weighted by Crippen LogP contribution is -2.36. The van der Waals surface area contributed by atoms with Crippen LogP contribution >= 0.6 is 15.9 Å². The van der Waals surface area contributed by atoms with E-state index < -0.39 is 24.4 Å². The van der Waals surface area contributed by atoms with Crippen LogP contribution in [0.5, 0.6) is 0 Å². The highest BCUT2D eigenvalue weighted by atomic mass is 79.9. The number of rotatable bonds is 6. The van der Waals surface area contributed by atoms with Crippen LogP contribution in [0.2, 0.25) is 0 Å². The Morgan fingerprint density at radius 2 is 2.04 bits per heavy atom. The molecular formula is C16H17BrN2O6. The van der Waals surface area contributed by atoms with Gasteiger partial charge in [0.05, 0.1) is 6.54 Å². The predicted molar refractivity (Wildman–Crippen MR) is 91.5 cm³/mol. The molecule has 1 heterocycles. The van der Waals surface area contributed by atoms with Crippen LogP contribution in [-0.2, 0) is 28.6 Å². The maximum Gasteiger partial charge on any atom is 0.377 e. The van der Waals surface area contributed by atoms with Gasteiger partial charge in [-0.1, -0.05) is 15.9 Å². The van der Waals surface area contributed by atoms with Gasteiger partial charge in [-0.05, 0) is 30.7 Å². The number of esters is 1. The second-order valence-corrected chi connectivity index (χ2v) is 5.98. The summed E-state index contributed by atoms with van der Waals surface area (Å²) in [5, 5.41) is 5.04. The summed E-state index contributed by atoms with van der Waals surface area (Å²) in [5.74, 6) is -1.89. The molecule has 0 radical (unpaired) electrons. The molecular weight excluding hydrogens is 396 g/mol. The average Bonchev–Trinajstić information content (AvgIpc) is 2.61. The Labute approximate surface area is 152 Å². The summed E-state index contributed by atoms with van der Waals surface area (Å²) in [5.41, 5.74) is 1.53. The number of nitrogens with one attached hydrogen (secondary N) is 2. The predicted octanol–water partition coefficient (Wildman–Crippen LogP) is 1.24. The largest absolute Gasteiger partial charge is 0.493 e. The molecule has 1 aliphatic heterocycles. The zero-order chi connectivity index (χ0) is 18.2. The molecule has 0 aliphatic carbocycles. The highest BCUT2D eigenvalue weighted by Gasteiger charge is 2.18. The first-order chi connectivity index (χ1) is 12.0. The normalized spacial score (nSPS) is 13.0. The summed E-state index contributed by atoms with van der Waals surface area (Å²) < 4.78 is 15.6. The molecule has 1 aromatic carbocycles. The molecule has 0 saturated carbocycles. The Kier molecular flexibility index (Phi) is 6.81. The van der Waals surface area contributed by atoms with E-state index in [0.717, 1.165) is 16.3 Å². The second kappa shape index (κ2) is 9.07. The fourth-order valence-corrected chi connectivity index (χ4v) is 2.34. The number of carbonyl (C=O) groups is 3. The smallest absolute Gasteiger partial charge is 0.377 e. The maximum atomic E-state index is 11.8. The number of ether oxygens (including phenoxy) is 3. The Morgan fingerprint density at radius 1 is 1.24 bits per heavy atom. The summed E-state index contributed by atoms with van der Waals surface area (Å²) in [6.07, 6.45) is 1.14. The molecule has 0 saturated heterocycles. The van der Waals surface area contributed by atoms with Gasteiger partial charge in [-0.15, -0.1) is 0 Å². The number of halogens is 1. The molecule has 0 spiro atoms. The summed E-state index contributed by atoms with van der Waals surface area (Å²) in [6.45, 7) is 1.68. The third kappa shape index (κ3) is 6.11. The first-order valence-electron chi connectivity index (χ1n) is 7.40. The van der Waals surface area contributed by atoms with Gasteiger partial charge < -0.3 is 24.8 Å². The van der Waals surface area contributed by atoms with Crippen LogP contribution in [0.3, 0.4) is 0 Å². The van der Waals surface area contributed by atoms with E-state index in [1.54, 1.807) is 12.1 Å². The molecule has 0 fully saturated rings. The van der Waals surface area contributed by atoms with Crippen molar-refractivity contribution in [3.05, 3.63) is 40.3 Å². The molecule has 2 N–H and O–H groups in total. The first-order valence-corrected chi connectivity index (χ1v) is 8.19. The quantitative estimate of drug-likeness (QED) is 0.681. The molecule has 0 atom stereocenters. The number of aryl methyl sites for hydroxylation is 1. The van der Waals surface area contributed by atoms with Crippen LogP contribution in [0.15, 0.2) is 34.7 Å². The molecule has 9 heteroatoms. The second-order valence-electron chi connectivity index (χ2n) is 5.06. The van der Waals surface area contributed by atoms with Crippen molar-refractivity contribution in [1.82, 2.24) is 5.32 Å². The van der Waals surface area contributed by atoms with Gasteiger partial charge in [-0.3, -0.25) is 9.59 Å². The van der Waals surface area contributed by atoms with Crippen LogP contribution in [0.4, 0.5) is 5.69 Å². The summed E-state index contributed by atoms with van der Waals surface area (Å²) in [4.78, 5) is 35.1. The summed E-state index contributed by atoms with van der Waals surface area (Å²) in [6, 6.07) is 5.41. The number of hydrogen-bond acceptors (Lipinski definition) is 6. The molecule has 25 heavy (non-hydrogen) atoms. The van der Waals surface area contributed by atoms with Crippen molar-refractivity contribution < 1.29 is 28.6 Å². The van der Waals surface area contributed by atoms with Crippen LogP contribution in [0, 0.1) is 6.92 Å². The third-order valence-corrected chi connectivity index (χ3v) is 3.59. The van der Waals surface area contributed by atoms with Crippen molar-refractivity contribution >= 4 is 39.4 Å². The van der Waals surface area contributed by atoms with Crippen LogP contribution in [-0.4, -0.2) is 44.1 Å². The Bertz CT molecular complexity index is 704. The summed E-state index contributed by atoms with van der Waals surface area (Å²) >= 11 is 3.34. The van der Waals surface area contributed by atoms with Gasteiger partial charge in [-0.25, -0.2) is 4.79 Å². The fourth-order valence-electron chi connectivity index (χ4n) is 1.87. The summed E-state index contributed by atoms with van der Waals surface area (Å²) in [7, 11) is 0. The van der Waals surface area contributed by atoms with Gasteiger partial charge in [0, 0.05) is 10.2 Å². The van der Waals surface area contributed by atoms with Gasteiger partial charge in [0.25, 0.3) is 5.91 Å². The van der Waals surface area contributed by atoms with Crippen molar-refractivity contribution in [2.75, 3.05) is 31.7 Å². The minimum Gasteiger partial charge on any atom is -0.493 e. The Hall–Kier alpha value is -2.55. The number of carbonyl (C=O) groups excluding carboxylic acids is 3. The topological polar surface area (TPSA) is 103 Å². The molecule has 1 aliphatic rings. The van der Waals surface area contributed by atoms with E-state index in [0.29, 0.717) is 12.3 Å². The standard InChI is InChI=1S/C16H17BrN2O6/c1-10-6-11(17)2-3-12(10)19-14(20)7-18-15(21)9-25-16(22)13-8-23-4-5-24-13/h2-3,6,8H,4-5,7,9H2,1H3,(H,18,21)(H,19,20). The minimum atomic E-state index is -0.801. The van der Waals surface area contributed by atoms with Crippen LogP contribution in [0.1, 0.15) is 5.56 Å². The zero-order valence-electron chi connectivity index (χ0n) is 13.5. The molecule has 0 unspecified atom stereocenters. The lowest BCUT2D eigenvalue weighted by Gasteiger charge is -2.14. The van der Waals surface area contributed by atoms with Crippen LogP contribution in [0.25, 0.3) is 0 Å². The van der Waals surface area contributed by atoms with E-state index in [1.807, 2.05) is 13.0 Å². The van der Waals surface area contributed by atoms with E-state index >= 15 is 0 Å². The third-order valence-electron chi connectivity index (χ3n) is 3.09. The van der Waals surface area contributed by atoms with Gasteiger partial charge >= 0.3 is 5.97 Å². The highest BCUT2D eigenvalue weighted by molar-refractivity contribution is 9.10. The van der Waals surface area contributed by atoms with Crippen molar-refractivity contribution in [3.8, 4) is 0 Å². The zero-order valence-corrected chi connectivity index (χ0v) is 15.1. The van der Waals surface area contributed by atoms with Crippen LogP contribution < -0.4 is 10.6 Å². The highest BCUT2D eigenvalue weighted by Crippen LogP contribution is 2.19. The van der Waals surface area contributed by atoms with E-state index in [-0.39, 0.29) is 18.9 Å². The van der Waals surface area contributed by atoms with Gasteiger partial charge in [-0.2, -0.15) is 0 Å². The molecule has 0 bridgehead atoms. The molecule has 8 nitrogen and oxygen atoms in total. The van der Waals surface area contributed by atoms with E-state index in [9.17, 15) is 14.4 Å². The average molecular weight is 413 g/mol. The number of anilines is 1. The first kappa shape index (κ1) is 18.8. The maximum absolute atomic E-state index is 11.8. The Balaban J connectivity index is 1.71. The molecule has 2 rings (SSSR count). The fraction of sp³-hybridized carbons (Fsp3) is 0.312. The number of benzene rings is 1. The van der Waals surface area contributed by atoms with E-state index in [4.69, 9.17) is 14.2 Å². The Morgan fingerprint density at radius 3 is 2.72 bits per heavy atom. The van der Waals surface area contributed by atoms with Crippen molar-refractivity contribution in [2.45, 2.75) is 6.92 Å². The molecule has 2 amide bonds. The van der Waals surface area contributed by atoms with Gasteiger partial charge in [0.1, 0.15) is 19.5 Å².